The molecule has 0 aliphatic carbocycles. The summed E-state index contributed by atoms with van der Waals surface area (Å²) in [5, 5.41) is 25.3. The van der Waals surface area contributed by atoms with Gasteiger partial charge in [0.1, 0.15) is 46.3 Å². The van der Waals surface area contributed by atoms with E-state index in [2.05, 4.69) is 50.0 Å². The molecule has 4 unspecified atom stereocenters. The van der Waals surface area contributed by atoms with Gasteiger partial charge in [-0.15, -0.1) is 0 Å². The molecule has 8 aliphatic rings. The molecule has 8 amide bonds. The highest BCUT2D eigenvalue weighted by atomic mass is 19.3. The average Bonchev–Trinajstić information content (AvgIpc) is 1.52. The molecule has 0 spiro atoms. The minimum atomic E-state index is -4.24. The number of alkyl carbamates (subject to hydrolysis) is 1. The van der Waals surface area contributed by atoms with Crippen LogP contribution in [0.5, 0.6) is 0 Å². The Morgan fingerprint density at radius 3 is 0.957 bits per heavy atom. The number of aromatic nitrogens is 1. The monoisotopic (exact) mass is 1940 g/mol. The smallest absolute Gasteiger partial charge is 0.407 e. The van der Waals surface area contributed by atoms with Gasteiger partial charge in [-0.1, -0.05) is 13.2 Å². The fourth-order valence-electron chi connectivity index (χ4n) is 19.8. The van der Waals surface area contributed by atoms with Crippen LogP contribution < -0.4 is 37.6 Å². The van der Waals surface area contributed by atoms with E-state index in [0.29, 0.717) is 112 Å². The number of nitrogens with two attached hydrogens (primary N) is 1. The van der Waals surface area contributed by atoms with Crippen molar-refractivity contribution in [1.29, 1.82) is 0 Å². The van der Waals surface area contributed by atoms with Crippen molar-refractivity contribution < 1.29 is 118 Å². The van der Waals surface area contributed by atoms with E-state index in [-0.39, 0.29) is 111 Å². The molecule has 0 radical (unpaired) electrons. The second-order valence-corrected chi connectivity index (χ2v) is 37.3. The third-order valence-electron chi connectivity index (χ3n) is 26.1. The maximum atomic E-state index is 15.5. The molecule has 38 heteroatoms. The first-order valence-electron chi connectivity index (χ1n) is 45.0. The second-order valence-electron chi connectivity index (χ2n) is 37.3. The first-order chi connectivity index (χ1) is 64.7. The van der Waals surface area contributed by atoms with Gasteiger partial charge in [0.15, 0.2) is 0 Å². The molecule has 0 saturated carbocycles. The molecule has 8 saturated heterocycles. The van der Waals surface area contributed by atoms with Crippen LogP contribution in [0, 0.1) is 74.4 Å². The molecule has 22 nitrogen and oxygen atoms in total. The Labute approximate surface area is 785 Å². The number of aliphatic hydroxyl groups is 1. The zero-order valence-corrected chi connectivity index (χ0v) is 76.4. The van der Waals surface area contributed by atoms with E-state index in [1.165, 1.54) is 88.0 Å². The molecule has 8 fully saturated rings. The van der Waals surface area contributed by atoms with Crippen molar-refractivity contribution in [2.45, 2.75) is 260 Å². The molecule has 9 N–H and O–H groups in total. The normalized spacial score (nSPS) is 21.9. The van der Waals surface area contributed by atoms with E-state index in [4.69, 9.17) is 10.5 Å². The number of nitrogens with zero attached hydrogens (tertiary/aromatic N) is 5. The first kappa shape index (κ1) is 103. The molecular weight excluding hydrogens is 1830 g/mol. The van der Waals surface area contributed by atoms with Gasteiger partial charge < -0.3 is 67.1 Å². The summed E-state index contributed by atoms with van der Waals surface area (Å²) in [6.45, 7) is 19.8. The SMILES string of the molecule is C=C(N1[C@@H]2CC[C@H]1CC(N)C2)C(F)(F)c1cc(C(=O)Nc2ccc(F)c(C)c2)ccc1F.C=C(N1[C@@H]2CC[C@H]1CC(O)C2)C(F)(F)c1cc(C(=O)Nc2cc(C)nc(F)c2)ccc1F.CC(=O)NC1C[C@H]2CC[C@@H](C1)N2C(=O)C(F)(F)c1cc(C(=O)Nc2ccc(F)c(C)c2)ccc1F.Cc1cc(NC(=O)c2ccc(F)c(C(F)(F)C(=O)N3[C@@H]4CC[C@H]3CC(NC(=O)OC(C)(C)C)C4)c2)ccc1F. The molecule has 8 aromatic rings. The number of aryl methyl sites for hydroxylation is 4. The Kier molecular flexibility index (Phi) is 30.5. The molecule has 16 rings (SSSR count). The predicted octanol–water partition coefficient (Wildman–Crippen LogP) is 19.5. The number of benzene rings is 7. The Morgan fingerprint density at radius 2 is 0.659 bits per heavy atom. The number of ether oxygens (including phenoxy) is 1. The van der Waals surface area contributed by atoms with Gasteiger partial charge in [-0.2, -0.15) is 39.5 Å². The maximum absolute atomic E-state index is 15.5. The third-order valence-corrected chi connectivity index (χ3v) is 26.1. The van der Waals surface area contributed by atoms with Gasteiger partial charge in [0.25, 0.3) is 35.4 Å². The van der Waals surface area contributed by atoms with E-state index in [0.717, 1.165) is 95.4 Å². The van der Waals surface area contributed by atoms with E-state index in [1.807, 2.05) is 0 Å². The molecule has 736 valence electrons. The summed E-state index contributed by atoms with van der Waals surface area (Å²) in [4.78, 5) is 109. The minimum absolute atomic E-state index is 0.0379. The first-order valence-corrected chi connectivity index (χ1v) is 45.0. The number of hydrogen-bond donors (Lipinski definition) is 8. The highest BCUT2D eigenvalue weighted by molar-refractivity contribution is 6.07. The van der Waals surface area contributed by atoms with Gasteiger partial charge in [0.05, 0.1) is 39.8 Å². The predicted molar refractivity (Wildman–Crippen MR) is 480 cm³/mol. The topological polar surface area (TPSA) is 290 Å². The molecule has 138 heavy (non-hydrogen) atoms. The van der Waals surface area contributed by atoms with Crippen molar-refractivity contribution in [3.63, 3.8) is 0 Å². The lowest BCUT2D eigenvalue weighted by Gasteiger charge is -2.42. The minimum Gasteiger partial charge on any atom is -0.444 e. The highest BCUT2D eigenvalue weighted by Crippen LogP contribution is 2.51. The number of amides is 8. The molecule has 7 aromatic carbocycles. The number of fused-ring (bicyclic) bond motifs is 8. The number of carbonyl (C=O) groups excluding carboxylic acids is 8. The molecular formula is C100H104F16N12O10. The summed E-state index contributed by atoms with van der Waals surface area (Å²) >= 11 is 0. The fourth-order valence-corrected chi connectivity index (χ4v) is 19.8. The van der Waals surface area contributed by atoms with Crippen molar-refractivity contribution in [2.75, 3.05) is 21.3 Å². The van der Waals surface area contributed by atoms with Crippen molar-refractivity contribution in [3.8, 4) is 0 Å². The Hall–Kier alpha value is -12.9. The van der Waals surface area contributed by atoms with Crippen LogP contribution in [0.15, 0.2) is 164 Å². The van der Waals surface area contributed by atoms with Gasteiger partial charge in [0, 0.05) is 130 Å². The number of allylic oxidation sites excluding steroid dienone is 2. The lowest BCUT2D eigenvalue weighted by Crippen LogP contribution is -2.56. The van der Waals surface area contributed by atoms with Crippen LogP contribution in [0.25, 0.3) is 0 Å². The number of rotatable bonds is 20. The van der Waals surface area contributed by atoms with Crippen LogP contribution in [0.1, 0.15) is 216 Å². The summed E-state index contributed by atoms with van der Waals surface area (Å²) in [6.07, 6.45) is 6.74. The lowest BCUT2D eigenvalue weighted by atomic mass is 9.94. The van der Waals surface area contributed by atoms with Crippen LogP contribution in [-0.4, -0.2) is 155 Å². The summed E-state index contributed by atoms with van der Waals surface area (Å²) in [5.74, 6) is -29.4. The number of halogens is 16. The Balaban J connectivity index is 0.000000156. The summed E-state index contributed by atoms with van der Waals surface area (Å²) < 4.78 is 241. The average molecular weight is 1940 g/mol. The third kappa shape index (κ3) is 22.9. The van der Waals surface area contributed by atoms with Crippen molar-refractivity contribution in [2.24, 2.45) is 5.73 Å². The van der Waals surface area contributed by atoms with E-state index in [1.54, 1.807) is 25.7 Å². The lowest BCUT2D eigenvalue weighted by molar-refractivity contribution is -0.165. The van der Waals surface area contributed by atoms with Crippen LogP contribution in [0.3, 0.4) is 0 Å². The number of nitrogens with one attached hydrogen (secondary N) is 6. The number of hydrogen-bond acceptors (Lipinski definition) is 14. The number of alkyl halides is 8. The molecule has 8 bridgehead atoms. The summed E-state index contributed by atoms with van der Waals surface area (Å²) in [6, 6.07) is 20.9. The number of anilines is 4. The van der Waals surface area contributed by atoms with Crippen molar-refractivity contribution in [3.05, 3.63) is 278 Å². The van der Waals surface area contributed by atoms with Gasteiger partial charge in [-0.25, -0.2) is 40.5 Å². The van der Waals surface area contributed by atoms with Crippen LogP contribution in [0.4, 0.5) is 97.8 Å². The van der Waals surface area contributed by atoms with Gasteiger partial charge in [0.2, 0.25) is 11.9 Å². The van der Waals surface area contributed by atoms with E-state index >= 15 is 35.1 Å². The molecule has 9 heterocycles. The van der Waals surface area contributed by atoms with Gasteiger partial charge in [-0.05, 0) is 301 Å². The number of aliphatic hydroxyl groups excluding tert-OH is 1. The molecule has 8 aliphatic heterocycles. The maximum Gasteiger partial charge on any atom is 0.407 e. The highest BCUT2D eigenvalue weighted by Gasteiger charge is 2.57. The molecule has 1 aromatic heterocycles. The fraction of sp³-hybridized carbons (Fsp3) is 0.410. The Morgan fingerprint density at radius 1 is 0.377 bits per heavy atom. The van der Waals surface area contributed by atoms with Gasteiger partial charge >= 0.3 is 29.8 Å². The summed E-state index contributed by atoms with van der Waals surface area (Å²) in [5.41, 5.74) is 1.21. The zero-order chi connectivity index (χ0) is 101. The van der Waals surface area contributed by atoms with Crippen LogP contribution in [-0.2, 0) is 42.8 Å². The van der Waals surface area contributed by atoms with Crippen LogP contribution >= 0.6 is 0 Å². The summed E-state index contributed by atoms with van der Waals surface area (Å²) in [7, 11) is 0. The number of carbonyl (C=O) groups is 8. The largest absolute Gasteiger partial charge is 0.444 e. The van der Waals surface area contributed by atoms with E-state index < -0.39 is 181 Å². The zero-order valence-electron chi connectivity index (χ0n) is 76.4. The number of pyridine rings is 1. The van der Waals surface area contributed by atoms with Crippen molar-refractivity contribution in [1.82, 2.24) is 35.2 Å². The second kappa shape index (κ2) is 41.0. The molecule has 12 atom stereocenters. The van der Waals surface area contributed by atoms with Crippen molar-refractivity contribution >= 4 is 70.2 Å². The number of piperidine rings is 4. The van der Waals surface area contributed by atoms with Crippen LogP contribution in [0.2, 0.25) is 0 Å². The van der Waals surface area contributed by atoms with E-state index in [9.17, 15) is 78.6 Å². The quantitative estimate of drug-likeness (QED) is 0.0260. The Bertz CT molecular complexity index is 5990. The standard InChI is InChI=1S/C28H31F4N3O4.C25H25F4N3O3.C24H25F4N3O.C23H23F4N3O2/c1-15-11-17(6-10-22(15)29)33-24(36)16-5-9-23(30)21(12-16)28(31,32)25(37)35-19-7-8-20(35)14-18(13-19)34-26(38)39-27(2,3)4;1-13-9-16(4-8-21(13)26)31-23(34)15-3-7-22(27)20(10-15)25(28,29)24(35)32-18-5-6-19(32)12-17(11-18)30-14(2)33;1-13-9-17(4-8-21(13)25)30-23(32)15-3-7-22(26)20(10-15)24(27,28)14(2)31-18-5-6-19(31)12-16(29)11-18;1-12-7-15(9-21(25)28-12)29-22(32)14-3-6-20(24)19(8-14)23(26,27)13(2)30-16-4-5-17(30)11-18(31)10-16/h5-6,9-12,18-20H,7-8,13-14H2,1-4H3,(H,33,36)(H,34,38);3-4,7-10,17-19H,5-6,11-12H2,1-2H3,(H,30,33)(H,31,34);3-4,7-10,16,18-19H,2,5-6,11-12,29H2,1H3,(H,30,32);3,6-9,16-18,31H,2,4-5,10-11H2,1H3,(H,28,29,32)/t18?,19-,20+;17?,18-,19+;16?,18-,19+;16-,17+,18?. The van der Waals surface area contributed by atoms with Gasteiger partial charge in [-0.3, -0.25) is 33.6 Å².